The van der Waals surface area contributed by atoms with E-state index in [1.54, 1.807) is 23.2 Å². The molecule has 0 saturated heterocycles. The summed E-state index contributed by atoms with van der Waals surface area (Å²) in [7, 11) is 0. The van der Waals surface area contributed by atoms with Crippen molar-refractivity contribution in [3.05, 3.63) is 66.9 Å². The molecule has 4 heterocycles. The Labute approximate surface area is 158 Å². The highest BCUT2D eigenvalue weighted by atomic mass is 19.3. The molecule has 0 unspecified atom stereocenters. The average molecular weight is 376 g/mol. The first kappa shape index (κ1) is 16.5. The van der Waals surface area contributed by atoms with Crippen LogP contribution in [0.2, 0.25) is 0 Å². The van der Waals surface area contributed by atoms with E-state index >= 15 is 0 Å². The number of alkyl halides is 2. The molecule has 8 heteroatoms. The quantitative estimate of drug-likeness (QED) is 0.464. The standard InChI is InChI=1S/C20H14F2N6/c1-12-10-13(6-8-23-12)17-14-7-9-27(19(21)22)18(14)26-20(25-17)28-11-24-15-4-2-3-5-16(15)28/h2-11,19H,1H3. The Hall–Kier alpha value is -3.68. The highest BCUT2D eigenvalue weighted by Gasteiger charge is 2.19. The molecule has 0 aliphatic heterocycles. The number of aryl methyl sites for hydroxylation is 1. The first-order valence-electron chi connectivity index (χ1n) is 8.64. The Balaban J connectivity index is 1.84. The normalized spacial score (nSPS) is 11.7. The van der Waals surface area contributed by atoms with E-state index < -0.39 is 6.55 Å². The number of imidazole rings is 1. The lowest BCUT2D eigenvalue weighted by molar-refractivity contribution is 0.0746. The fraction of sp³-hybridized carbons (Fsp3) is 0.100. The van der Waals surface area contributed by atoms with Crippen LogP contribution >= 0.6 is 0 Å². The number of para-hydroxylation sites is 2. The van der Waals surface area contributed by atoms with Crippen molar-refractivity contribution >= 4 is 22.1 Å². The van der Waals surface area contributed by atoms with Crippen LogP contribution in [-0.2, 0) is 0 Å². The molecule has 0 aliphatic carbocycles. The summed E-state index contributed by atoms with van der Waals surface area (Å²) in [6, 6.07) is 12.8. The van der Waals surface area contributed by atoms with Gasteiger partial charge < -0.3 is 0 Å². The molecule has 138 valence electrons. The van der Waals surface area contributed by atoms with Crippen LogP contribution in [0.1, 0.15) is 12.2 Å². The predicted octanol–water partition coefficient (Wildman–Crippen LogP) is 4.54. The summed E-state index contributed by atoms with van der Waals surface area (Å²) in [6.45, 7) is -0.831. The van der Waals surface area contributed by atoms with Gasteiger partial charge in [-0.15, -0.1) is 0 Å². The second kappa shape index (κ2) is 6.19. The van der Waals surface area contributed by atoms with E-state index in [1.807, 2.05) is 43.3 Å². The van der Waals surface area contributed by atoms with Crippen molar-refractivity contribution in [1.82, 2.24) is 29.1 Å². The smallest absolute Gasteiger partial charge is 0.275 e. The second-order valence-electron chi connectivity index (χ2n) is 6.40. The van der Waals surface area contributed by atoms with E-state index in [0.717, 1.165) is 26.9 Å². The van der Waals surface area contributed by atoms with Crippen molar-refractivity contribution < 1.29 is 8.78 Å². The third-order valence-corrected chi connectivity index (χ3v) is 4.61. The topological polar surface area (TPSA) is 61.4 Å². The molecule has 0 bridgehead atoms. The summed E-state index contributed by atoms with van der Waals surface area (Å²) in [5.41, 5.74) is 3.92. The van der Waals surface area contributed by atoms with Crippen molar-refractivity contribution in [2.24, 2.45) is 0 Å². The second-order valence-corrected chi connectivity index (χ2v) is 6.40. The SMILES string of the molecule is Cc1cc(-c2nc(-n3cnc4ccccc43)nc3c2ccn3C(F)F)ccn1. The third-order valence-electron chi connectivity index (χ3n) is 4.61. The summed E-state index contributed by atoms with van der Waals surface area (Å²) < 4.78 is 29.6. The Kier molecular flexibility index (Phi) is 3.65. The zero-order chi connectivity index (χ0) is 19.3. The van der Waals surface area contributed by atoms with Gasteiger partial charge in [0.1, 0.15) is 6.33 Å². The molecule has 5 rings (SSSR count). The minimum absolute atomic E-state index is 0.169. The highest BCUT2D eigenvalue weighted by Crippen LogP contribution is 2.30. The molecule has 0 radical (unpaired) electrons. The van der Waals surface area contributed by atoms with Gasteiger partial charge in [0.05, 0.1) is 16.7 Å². The van der Waals surface area contributed by atoms with Gasteiger partial charge in [0.2, 0.25) is 5.95 Å². The van der Waals surface area contributed by atoms with Gasteiger partial charge in [0, 0.05) is 29.0 Å². The Morgan fingerprint density at radius 3 is 2.68 bits per heavy atom. The molecule has 0 N–H and O–H groups in total. The number of aromatic nitrogens is 6. The maximum Gasteiger partial charge on any atom is 0.320 e. The zero-order valence-corrected chi connectivity index (χ0v) is 14.8. The maximum absolute atomic E-state index is 13.5. The summed E-state index contributed by atoms with van der Waals surface area (Å²) in [5.74, 6) is 0.284. The fourth-order valence-corrected chi connectivity index (χ4v) is 3.32. The molecule has 1 aromatic carbocycles. The number of hydrogen-bond acceptors (Lipinski definition) is 4. The molecule has 28 heavy (non-hydrogen) atoms. The van der Waals surface area contributed by atoms with Crippen molar-refractivity contribution in [2.45, 2.75) is 13.5 Å². The Morgan fingerprint density at radius 2 is 1.86 bits per heavy atom. The van der Waals surface area contributed by atoms with Gasteiger partial charge in [0.25, 0.3) is 0 Å². The minimum atomic E-state index is -2.70. The molecular weight excluding hydrogens is 362 g/mol. The molecule has 0 aliphatic rings. The van der Waals surface area contributed by atoms with E-state index in [9.17, 15) is 8.78 Å². The number of hydrogen-bond donors (Lipinski definition) is 0. The van der Waals surface area contributed by atoms with Gasteiger partial charge in [-0.2, -0.15) is 13.8 Å². The minimum Gasteiger partial charge on any atom is -0.275 e. The molecule has 0 atom stereocenters. The molecular formula is C20H14F2N6. The van der Waals surface area contributed by atoms with Gasteiger partial charge in [-0.05, 0) is 37.3 Å². The molecule has 0 amide bonds. The van der Waals surface area contributed by atoms with E-state index in [4.69, 9.17) is 4.98 Å². The molecule has 0 spiro atoms. The fourth-order valence-electron chi connectivity index (χ4n) is 3.32. The number of halogens is 2. The van der Waals surface area contributed by atoms with Gasteiger partial charge in [-0.25, -0.2) is 9.97 Å². The average Bonchev–Trinajstić information content (AvgIpc) is 3.31. The van der Waals surface area contributed by atoms with Crippen LogP contribution < -0.4 is 0 Å². The lowest BCUT2D eigenvalue weighted by Gasteiger charge is -2.10. The lowest BCUT2D eigenvalue weighted by atomic mass is 10.1. The van der Waals surface area contributed by atoms with E-state index in [1.165, 1.54) is 6.20 Å². The number of benzene rings is 1. The highest BCUT2D eigenvalue weighted by molar-refractivity contribution is 5.92. The summed E-state index contributed by atoms with van der Waals surface area (Å²) in [5, 5.41) is 0.555. The van der Waals surface area contributed by atoms with Crippen LogP contribution in [-0.4, -0.2) is 29.1 Å². The van der Waals surface area contributed by atoms with E-state index in [2.05, 4.69) is 15.0 Å². The van der Waals surface area contributed by atoms with Crippen LogP contribution in [0.3, 0.4) is 0 Å². The van der Waals surface area contributed by atoms with Crippen LogP contribution in [0.15, 0.2) is 61.2 Å². The van der Waals surface area contributed by atoms with E-state index in [0.29, 0.717) is 11.1 Å². The third kappa shape index (κ3) is 2.53. The number of nitrogens with zero attached hydrogens (tertiary/aromatic N) is 6. The zero-order valence-electron chi connectivity index (χ0n) is 14.8. The van der Waals surface area contributed by atoms with Crippen molar-refractivity contribution in [3.8, 4) is 17.2 Å². The summed E-state index contributed by atoms with van der Waals surface area (Å²) in [4.78, 5) is 17.7. The Morgan fingerprint density at radius 1 is 1.00 bits per heavy atom. The van der Waals surface area contributed by atoms with Crippen molar-refractivity contribution in [3.63, 3.8) is 0 Å². The molecule has 4 aromatic heterocycles. The number of fused-ring (bicyclic) bond motifs is 2. The van der Waals surface area contributed by atoms with Crippen LogP contribution in [0.4, 0.5) is 8.78 Å². The van der Waals surface area contributed by atoms with Gasteiger partial charge in [0.15, 0.2) is 5.65 Å². The first-order chi connectivity index (χ1) is 13.6. The van der Waals surface area contributed by atoms with E-state index in [-0.39, 0.29) is 11.6 Å². The molecule has 5 aromatic rings. The van der Waals surface area contributed by atoms with Gasteiger partial charge in [-0.1, -0.05) is 12.1 Å². The summed E-state index contributed by atoms with van der Waals surface area (Å²) >= 11 is 0. The Bertz CT molecular complexity index is 1320. The van der Waals surface area contributed by atoms with Gasteiger partial charge in [-0.3, -0.25) is 14.1 Å². The maximum atomic E-state index is 13.5. The molecule has 0 saturated carbocycles. The van der Waals surface area contributed by atoms with Gasteiger partial charge >= 0.3 is 6.55 Å². The van der Waals surface area contributed by atoms with Crippen molar-refractivity contribution in [2.75, 3.05) is 0 Å². The van der Waals surface area contributed by atoms with Crippen LogP contribution in [0.25, 0.3) is 39.3 Å². The first-order valence-corrected chi connectivity index (χ1v) is 8.64. The largest absolute Gasteiger partial charge is 0.320 e. The van der Waals surface area contributed by atoms with Crippen LogP contribution in [0.5, 0.6) is 0 Å². The number of pyridine rings is 1. The molecule has 6 nitrogen and oxygen atoms in total. The lowest BCUT2D eigenvalue weighted by Crippen LogP contribution is -2.05. The monoisotopic (exact) mass is 376 g/mol. The van der Waals surface area contributed by atoms with Crippen molar-refractivity contribution in [1.29, 1.82) is 0 Å². The number of rotatable bonds is 3. The summed E-state index contributed by atoms with van der Waals surface area (Å²) in [6.07, 6.45) is 4.61. The van der Waals surface area contributed by atoms with Crippen LogP contribution in [0, 0.1) is 6.92 Å². The molecule has 0 fully saturated rings. The predicted molar refractivity (Wildman–Crippen MR) is 101 cm³/mol.